The van der Waals surface area contributed by atoms with Crippen molar-refractivity contribution in [3.8, 4) is 0 Å². The molecule has 4 heteroatoms. The van der Waals surface area contributed by atoms with Crippen LogP contribution in [0.1, 0.15) is 52.9 Å². The molecule has 0 aromatic heterocycles. The van der Waals surface area contributed by atoms with Crippen LogP contribution in [-0.2, 0) is 19.1 Å². The number of methoxy groups -OCH3 is 1. The molecule has 3 aliphatic rings. The van der Waals surface area contributed by atoms with Gasteiger partial charge in [0.25, 0.3) is 0 Å². The van der Waals surface area contributed by atoms with Gasteiger partial charge < -0.3 is 9.53 Å². The minimum Gasteiger partial charge on any atom is -0.468 e. The number of carbonyl (C=O) groups excluding carboxylic acids is 3. The molecule has 0 radical (unpaired) electrons. The topological polar surface area (TPSA) is 60.4 Å². The maximum Gasteiger partial charge on any atom is 0.315 e. The monoisotopic (exact) mass is 344 g/mol. The van der Waals surface area contributed by atoms with E-state index in [1.165, 1.54) is 12.7 Å². The van der Waals surface area contributed by atoms with Crippen LogP contribution in [0.15, 0.2) is 23.3 Å². The van der Waals surface area contributed by atoms with Crippen LogP contribution in [-0.4, -0.2) is 25.1 Å². The molecule has 3 aliphatic carbocycles. The van der Waals surface area contributed by atoms with Crippen LogP contribution < -0.4 is 0 Å². The summed E-state index contributed by atoms with van der Waals surface area (Å²) in [6, 6.07) is 0. The van der Waals surface area contributed by atoms with Gasteiger partial charge in [0.2, 0.25) is 0 Å². The Labute approximate surface area is 149 Å². The van der Waals surface area contributed by atoms with Crippen LogP contribution in [0, 0.1) is 28.6 Å². The summed E-state index contributed by atoms with van der Waals surface area (Å²) in [5.41, 5.74) is 1.28. The van der Waals surface area contributed by atoms with E-state index >= 15 is 0 Å². The summed E-state index contributed by atoms with van der Waals surface area (Å²) in [5.74, 6) is -0.167. The quantitative estimate of drug-likeness (QED) is 0.445. The summed E-state index contributed by atoms with van der Waals surface area (Å²) in [6.07, 6.45) is 8.00. The SMILES string of the molecule is COC(=O)[C@]12CCC(C(C)C)=C1[C@H]1C=CC(C=O)CC(=O)[C@]1(C)CC2. The fourth-order valence-corrected chi connectivity index (χ4v) is 5.22. The van der Waals surface area contributed by atoms with Crippen molar-refractivity contribution in [2.45, 2.75) is 52.9 Å². The van der Waals surface area contributed by atoms with Gasteiger partial charge in [-0.1, -0.05) is 38.5 Å². The first kappa shape index (κ1) is 18.1. The average Bonchev–Trinajstić information content (AvgIpc) is 2.94. The summed E-state index contributed by atoms with van der Waals surface area (Å²) >= 11 is 0. The Hall–Kier alpha value is -1.71. The first-order valence-corrected chi connectivity index (χ1v) is 9.29. The molecule has 0 aromatic carbocycles. The van der Waals surface area contributed by atoms with Gasteiger partial charge in [0.05, 0.1) is 12.5 Å². The van der Waals surface area contributed by atoms with E-state index in [0.29, 0.717) is 18.8 Å². The Balaban J connectivity index is 2.20. The minimum absolute atomic E-state index is 0.113. The van der Waals surface area contributed by atoms with E-state index in [1.807, 2.05) is 19.1 Å². The van der Waals surface area contributed by atoms with Crippen molar-refractivity contribution in [1.82, 2.24) is 0 Å². The highest BCUT2D eigenvalue weighted by atomic mass is 16.5. The van der Waals surface area contributed by atoms with E-state index in [0.717, 1.165) is 24.7 Å². The van der Waals surface area contributed by atoms with Crippen molar-refractivity contribution >= 4 is 18.0 Å². The van der Waals surface area contributed by atoms with E-state index in [4.69, 9.17) is 4.74 Å². The van der Waals surface area contributed by atoms with Crippen LogP contribution in [0.4, 0.5) is 0 Å². The smallest absolute Gasteiger partial charge is 0.315 e. The zero-order valence-corrected chi connectivity index (χ0v) is 15.6. The highest BCUT2D eigenvalue weighted by molar-refractivity contribution is 5.91. The normalized spacial score (nSPS) is 37.6. The third-order valence-corrected chi connectivity index (χ3v) is 6.81. The second-order valence-corrected chi connectivity index (χ2v) is 8.37. The molecule has 1 fully saturated rings. The maximum atomic E-state index is 13.0. The van der Waals surface area contributed by atoms with E-state index in [-0.39, 0.29) is 30.0 Å². The van der Waals surface area contributed by atoms with Crippen LogP contribution in [0.3, 0.4) is 0 Å². The van der Waals surface area contributed by atoms with Gasteiger partial charge in [-0.05, 0) is 37.2 Å². The van der Waals surface area contributed by atoms with Gasteiger partial charge in [0, 0.05) is 23.7 Å². The highest BCUT2D eigenvalue weighted by Crippen LogP contribution is 2.62. The Morgan fingerprint density at radius 2 is 2.00 bits per heavy atom. The van der Waals surface area contributed by atoms with Crippen LogP contribution >= 0.6 is 0 Å². The molecular weight excluding hydrogens is 316 g/mol. The Bertz CT molecular complexity index is 671. The van der Waals surface area contributed by atoms with Gasteiger partial charge in [-0.3, -0.25) is 9.59 Å². The molecular formula is C21H28O4. The number of esters is 1. The van der Waals surface area contributed by atoms with E-state index < -0.39 is 10.8 Å². The molecule has 3 rings (SSSR count). The van der Waals surface area contributed by atoms with Gasteiger partial charge in [0.1, 0.15) is 12.1 Å². The van der Waals surface area contributed by atoms with Crippen molar-refractivity contribution in [3.63, 3.8) is 0 Å². The van der Waals surface area contributed by atoms with Crippen LogP contribution in [0.2, 0.25) is 0 Å². The standard InChI is InChI=1S/C21H28O4/c1-13(2)15-7-8-21(19(24)25-4)10-9-20(3)16(18(15)21)6-5-14(12-22)11-17(20)23/h5-6,12-14,16H,7-11H2,1-4H3/t14?,16-,20-,21+/m1/s1. The van der Waals surface area contributed by atoms with Crippen LogP contribution in [0.25, 0.3) is 0 Å². The third kappa shape index (κ3) is 2.52. The van der Waals surface area contributed by atoms with Gasteiger partial charge in [-0.2, -0.15) is 0 Å². The van der Waals surface area contributed by atoms with Gasteiger partial charge in [-0.15, -0.1) is 0 Å². The lowest BCUT2D eigenvalue weighted by atomic mass is 9.54. The molecule has 0 amide bonds. The van der Waals surface area contributed by atoms with E-state index in [9.17, 15) is 14.4 Å². The summed E-state index contributed by atoms with van der Waals surface area (Å²) in [4.78, 5) is 37.1. The predicted molar refractivity (Wildman–Crippen MR) is 94.7 cm³/mol. The fraction of sp³-hybridized carbons (Fsp3) is 0.667. The van der Waals surface area contributed by atoms with Gasteiger partial charge in [0.15, 0.2) is 0 Å². The summed E-state index contributed by atoms with van der Waals surface area (Å²) < 4.78 is 5.20. The number of allylic oxidation sites excluding steroid dienone is 3. The fourth-order valence-electron chi connectivity index (χ4n) is 5.22. The van der Waals surface area contributed by atoms with Crippen LogP contribution in [0.5, 0.6) is 0 Å². The summed E-state index contributed by atoms with van der Waals surface area (Å²) in [5, 5.41) is 0. The molecule has 0 aromatic rings. The molecule has 0 saturated heterocycles. The Kier molecular flexibility index (Phi) is 4.50. The number of ether oxygens (including phenoxy) is 1. The number of hydrogen-bond acceptors (Lipinski definition) is 4. The van der Waals surface area contributed by atoms with Crippen molar-refractivity contribution < 1.29 is 19.1 Å². The van der Waals surface area contributed by atoms with Crippen molar-refractivity contribution in [1.29, 1.82) is 0 Å². The third-order valence-electron chi connectivity index (χ3n) is 6.81. The molecule has 0 aliphatic heterocycles. The maximum absolute atomic E-state index is 13.0. The summed E-state index contributed by atoms with van der Waals surface area (Å²) in [7, 11) is 1.45. The molecule has 0 spiro atoms. The molecule has 136 valence electrons. The lowest BCUT2D eigenvalue weighted by molar-refractivity contribution is -0.154. The molecule has 0 N–H and O–H groups in total. The van der Waals surface area contributed by atoms with E-state index in [2.05, 4.69) is 13.8 Å². The number of hydrogen-bond donors (Lipinski definition) is 0. The zero-order chi connectivity index (χ0) is 18.4. The van der Waals surface area contributed by atoms with Crippen molar-refractivity contribution in [2.75, 3.05) is 7.11 Å². The number of aldehydes is 1. The minimum atomic E-state index is -0.593. The molecule has 25 heavy (non-hydrogen) atoms. The number of ketones is 1. The molecule has 1 unspecified atom stereocenters. The largest absolute Gasteiger partial charge is 0.468 e. The lowest BCUT2D eigenvalue weighted by Gasteiger charge is -2.47. The number of rotatable bonds is 3. The first-order chi connectivity index (χ1) is 11.8. The summed E-state index contributed by atoms with van der Waals surface area (Å²) in [6.45, 7) is 6.32. The molecule has 0 bridgehead atoms. The number of Topliss-reactive ketones (excluding diaryl/α,β-unsaturated/α-hetero) is 1. The lowest BCUT2D eigenvalue weighted by Crippen LogP contribution is -2.48. The average molecular weight is 344 g/mol. The Morgan fingerprint density at radius 3 is 2.60 bits per heavy atom. The second kappa shape index (κ2) is 6.22. The van der Waals surface area contributed by atoms with Gasteiger partial charge >= 0.3 is 5.97 Å². The number of carbonyl (C=O) groups is 3. The Morgan fingerprint density at radius 1 is 1.28 bits per heavy atom. The zero-order valence-electron chi connectivity index (χ0n) is 15.6. The molecule has 1 saturated carbocycles. The van der Waals surface area contributed by atoms with Crippen molar-refractivity contribution in [2.24, 2.45) is 28.6 Å². The molecule has 4 nitrogen and oxygen atoms in total. The van der Waals surface area contributed by atoms with Crippen molar-refractivity contribution in [3.05, 3.63) is 23.3 Å². The van der Waals surface area contributed by atoms with Gasteiger partial charge in [-0.25, -0.2) is 0 Å². The first-order valence-electron chi connectivity index (χ1n) is 9.29. The van der Waals surface area contributed by atoms with E-state index in [1.54, 1.807) is 0 Å². The number of fused-ring (bicyclic) bond motifs is 3. The predicted octanol–water partition coefficient (Wildman–Crippen LogP) is 3.65. The highest BCUT2D eigenvalue weighted by Gasteiger charge is 2.59. The molecule has 4 atom stereocenters. The second-order valence-electron chi connectivity index (χ2n) is 8.37. The molecule has 0 heterocycles.